The fourth-order valence-electron chi connectivity index (χ4n) is 2.81. The summed E-state index contributed by atoms with van der Waals surface area (Å²) in [6.45, 7) is 25.7. The highest BCUT2D eigenvalue weighted by molar-refractivity contribution is 6.74. The molecule has 0 N–H and O–H groups in total. The first-order valence-electron chi connectivity index (χ1n) is 9.81. The Morgan fingerprint density at radius 2 is 1.40 bits per heavy atom. The molecule has 0 heterocycles. The Balaban J connectivity index is 2.94. The van der Waals surface area contributed by atoms with Crippen molar-refractivity contribution in [2.75, 3.05) is 6.61 Å². The van der Waals surface area contributed by atoms with E-state index in [1.807, 2.05) is 0 Å². The van der Waals surface area contributed by atoms with E-state index in [4.69, 9.17) is 8.85 Å². The van der Waals surface area contributed by atoms with Crippen LogP contribution >= 0.6 is 0 Å². The van der Waals surface area contributed by atoms with Crippen LogP contribution in [0.25, 0.3) is 0 Å². The van der Waals surface area contributed by atoms with Gasteiger partial charge in [-0.3, -0.25) is 4.79 Å². The summed E-state index contributed by atoms with van der Waals surface area (Å²) in [5.74, 6) is 1.00. The Hall–Kier alpha value is 0.0238. The van der Waals surface area contributed by atoms with Crippen molar-refractivity contribution in [1.29, 1.82) is 0 Å². The highest BCUT2D eigenvalue weighted by Gasteiger charge is 2.45. The SMILES string of the molecule is C[C@@H]1CC(=O)C[C@H](O[Si](C)(C)C(C)(C)C)[C@H]1CO[Si](C)(C)C(C)(C)C. The number of hydrogen-bond donors (Lipinski definition) is 0. The van der Waals surface area contributed by atoms with E-state index in [0.717, 1.165) is 6.61 Å². The molecule has 148 valence electrons. The zero-order valence-corrected chi connectivity index (χ0v) is 20.6. The largest absolute Gasteiger partial charge is 0.416 e. The van der Waals surface area contributed by atoms with Crippen LogP contribution in [0.3, 0.4) is 0 Å². The maximum absolute atomic E-state index is 12.2. The monoisotopic (exact) mass is 386 g/mol. The Morgan fingerprint density at radius 1 is 0.920 bits per heavy atom. The van der Waals surface area contributed by atoms with Crippen molar-refractivity contribution in [2.45, 2.75) is 104 Å². The summed E-state index contributed by atoms with van der Waals surface area (Å²) in [7, 11) is -3.69. The van der Waals surface area contributed by atoms with Gasteiger partial charge in [0.25, 0.3) is 0 Å². The van der Waals surface area contributed by atoms with Crippen molar-refractivity contribution in [3.63, 3.8) is 0 Å². The standard InChI is InChI=1S/C20H42O3Si2/c1-15-12-16(21)13-18(23-25(10,11)20(5,6)7)17(15)14-22-24(8,9)19(2,3)4/h15,17-18H,12-14H2,1-11H3/t15-,17+,18+/m1/s1. The number of rotatable bonds is 5. The van der Waals surface area contributed by atoms with E-state index in [2.05, 4.69) is 74.7 Å². The molecule has 0 spiro atoms. The van der Waals surface area contributed by atoms with Crippen molar-refractivity contribution in [1.82, 2.24) is 0 Å². The molecule has 0 amide bonds. The lowest BCUT2D eigenvalue weighted by Crippen LogP contribution is -2.51. The molecule has 0 aromatic rings. The van der Waals surface area contributed by atoms with E-state index < -0.39 is 16.6 Å². The van der Waals surface area contributed by atoms with Gasteiger partial charge in [0.1, 0.15) is 5.78 Å². The van der Waals surface area contributed by atoms with Crippen LogP contribution in [0.15, 0.2) is 0 Å². The third-order valence-corrected chi connectivity index (χ3v) is 15.9. The molecule has 1 saturated carbocycles. The van der Waals surface area contributed by atoms with Gasteiger partial charge in [0, 0.05) is 25.4 Å². The number of ketones is 1. The quantitative estimate of drug-likeness (QED) is 0.542. The molecular weight excluding hydrogens is 344 g/mol. The molecule has 3 atom stereocenters. The summed E-state index contributed by atoms with van der Waals surface area (Å²) in [6, 6.07) is 0. The van der Waals surface area contributed by atoms with Crippen LogP contribution in [0.5, 0.6) is 0 Å². The van der Waals surface area contributed by atoms with Crippen molar-refractivity contribution in [3.8, 4) is 0 Å². The van der Waals surface area contributed by atoms with E-state index in [1.165, 1.54) is 0 Å². The first-order chi connectivity index (χ1) is 11.0. The van der Waals surface area contributed by atoms with Gasteiger partial charge in [0.05, 0.1) is 6.10 Å². The lowest BCUT2D eigenvalue weighted by molar-refractivity contribution is -0.127. The van der Waals surface area contributed by atoms with Gasteiger partial charge in [-0.2, -0.15) is 0 Å². The van der Waals surface area contributed by atoms with Gasteiger partial charge in [0.15, 0.2) is 16.6 Å². The maximum Gasteiger partial charge on any atom is 0.192 e. The molecule has 5 heteroatoms. The molecule has 25 heavy (non-hydrogen) atoms. The van der Waals surface area contributed by atoms with Crippen molar-refractivity contribution in [3.05, 3.63) is 0 Å². The molecule has 0 radical (unpaired) electrons. The minimum atomic E-state index is -1.90. The number of carbonyl (C=O) groups is 1. The summed E-state index contributed by atoms with van der Waals surface area (Å²) in [5, 5.41) is 0.359. The Morgan fingerprint density at radius 3 is 1.84 bits per heavy atom. The second-order valence-corrected chi connectivity index (χ2v) is 20.6. The molecule has 1 fully saturated rings. The van der Waals surface area contributed by atoms with Gasteiger partial charge in [-0.1, -0.05) is 48.5 Å². The third-order valence-electron chi connectivity index (χ3n) is 6.88. The average molecular weight is 387 g/mol. The van der Waals surface area contributed by atoms with Gasteiger partial charge in [-0.05, 0) is 42.2 Å². The predicted octanol–water partition coefficient (Wildman–Crippen LogP) is 6.01. The molecule has 1 aliphatic rings. The summed E-state index contributed by atoms with van der Waals surface area (Å²) in [5.41, 5.74) is 0. The van der Waals surface area contributed by atoms with Crippen molar-refractivity contribution in [2.24, 2.45) is 11.8 Å². The molecule has 0 aromatic heterocycles. The summed E-state index contributed by atoms with van der Waals surface area (Å²) in [6.07, 6.45) is 1.24. The lowest BCUT2D eigenvalue weighted by atomic mass is 9.78. The fourth-order valence-corrected chi connectivity index (χ4v) is 5.22. The second-order valence-electron chi connectivity index (χ2n) is 11.1. The Kier molecular flexibility index (Phi) is 6.98. The molecule has 0 bridgehead atoms. The fraction of sp³-hybridized carbons (Fsp3) is 0.950. The van der Waals surface area contributed by atoms with Crippen LogP contribution < -0.4 is 0 Å². The van der Waals surface area contributed by atoms with Crippen LogP contribution in [0, 0.1) is 11.8 Å². The van der Waals surface area contributed by atoms with Gasteiger partial charge >= 0.3 is 0 Å². The molecule has 0 aliphatic heterocycles. The zero-order chi connectivity index (χ0) is 19.8. The van der Waals surface area contributed by atoms with E-state index in [9.17, 15) is 4.79 Å². The van der Waals surface area contributed by atoms with Crippen LogP contribution in [-0.2, 0) is 13.6 Å². The van der Waals surface area contributed by atoms with Crippen LogP contribution in [-0.4, -0.2) is 35.1 Å². The highest BCUT2D eigenvalue weighted by Crippen LogP contribution is 2.42. The highest BCUT2D eigenvalue weighted by atomic mass is 28.4. The Bertz CT molecular complexity index is 472. The maximum atomic E-state index is 12.2. The summed E-state index contributed by atoms with van der Waals surface area (Å²) < 4.78 is 13.2. The zero-order valence-electron chi connectivity index (χ0n) is 18.6. The number of Topliss-reactive ketones (excluding diaryl/α,β-unsaturated/α-hetero) is 1. The van der Waals surface area contributed by atoms with E-state index in [-0.39, 0.29) is 16.2 Å². The van der Waals surface area contributed by atoms with Crippen molar-refractivity contribution >= 4 is 22.4 Å². The summed E-state index contributed by atoms with van der Waals surface area (Å²) >= 11 is 0. The lowest BCUT2D eigenvalue weighted by Gasteiger charge is -2.45. The summed E-state index contributed by atoms with van der Waals surface area (Å²) in [4.78, 5) is 12.2. The molecule has 0 saturated heterocycles. The smallest absolute Gasteiger partial charge is 0.192 e. The number of carbonyl (C=O) groups excluding carboxylic acids is 1. The predicted molar refractivity (Wildman–Crippen MR) is 112 cm³/mol. The van der Waals surface area contributed by atoms with E-state index in [1.54, 1.807) is 0 Å². The molecule has 0 unspecified atom stereocenters. The van der Waals surface area contributed by atoms with E-state index >= 15 is 0 Å². The third kappa shape index (κ3) is 5.75. The molecule has 0 aromatic carbocycles. The number of hydrogen-bond acceptors (Lipinski definition) is 3. The van der Waals surface area contributed by atoms with Crippen LogP contribution in [0.4, 0.5) is 0 Å². The van der Waals surface area contributed by atoms with Gasteiger partial charge in [-0.25, -0.2) is 0 Å². The van der Waals surface area contributed by atoms with Gasteiger partial charge < -0.3 is 8.85 Å². The molecule has 1 aliphatic carbocycles. The van der Waals surface area contributed by atoms with Gasteiger partial charge in [-0.15, -0.1) is 0 Å². The van der Waals surface area contributed by atoms with Crippen molar-refractivity contribution < 1.29 is 13.6 Å². The normalized spacial score (nSPS) is 26.8. The topological polar surface area (TPSA) is 35.5 Å². The Labute approximate surface area is 158 Å². The minimum Gasteiger partial charge on any atom is -0.416 e. The first-order valence-corrected chi connectivity index (χ1v) is 15.6. The van der Waals surface area contributed by atoms with Gasteiger partial charge in [0.2, 0.25) is 0 Å². The molecule has 3 nitrogen and oxygen atoms in total. The molecule has 1 rings (SSSR count). The minimum absolute atomic E-state index is 0.0157. The molecular formula is C20H42O3Si2. The second kappa shape index (κ2) is 7.57. The first kappa shape index (κ1) is 23.1. The van der Waals surface area contributed by atoms with E-state index in [0.29, 0.717) is 30.5 Å². The van der Waals surface area contributed by atoms with Crippen LogP contribution in [0.2, 0.25) is 36.3 Å². The van der Waals surface area contributed by atoms with Crippen LogP contribution in [0.1, 0.15) is 61.3 Å². The average Bonchev–Trinajstić information content (AvgIpc) is 2.33.